The van der Waals surface area contributed by atoms with E-state index in [0.717, 1.165) is 33.7 Å². The largest absolute Gasteiger partial charge is 0.496 e. The quantitative estimate of drug-likeness (QED) is 0.912. The van der Waals surface area contributed by atoms with Crippen LogP contribution in [0.1, 0.15) is 23.1 Å². The van der Waals surface area contributed by atoms with Crippen molar-refractivity contribution in [3.63, 3.8) is 0 Å². The van der Waals surface area contributed by atoms with E-state index < -0.39 is 0 Å². The summed E-state index contributed by atoms with van der Waals surface area (Å²) in [6.07, 6.45) is 2.59. The zero-order valence-electron chi connectivity index (χ0n) is 11.9. The molecule has 1 heterocycles. The third-order valence-corrected chi connectivity index (χ3v) is 3.66. The van der Waals surface area contributed by atoms with Crippen molar-refractivity contribution in [3.05, 3.63) is 52.0 Å². The van der Waals surface area contributed by atoms with Crippen LogP contribution in [0.4, 0.5) is 0 Å². The van der Waals surface area contributed by atoms with Gasteiger partial charge in [0.25, 0.3) is 0 Å². The maximum absolute atomic E-state index is 5.42. The Kier molecular flexibility index (Phi) is 5.09. The summed E-state index contributed by atoms with van der Waals surface area (Å²) in [6.45, 7) is 1.90. The Morgan fingerprint density at radius 3 is 2.80 bits per heavy atom. The first kappa shape index (κ1) is 14.9. The standard InChI is InChI=1S/C15H18BrN3O/c1-10-18-7-6-13(19-10)14(17-2)9-11-8-12(16)4-5-15(11)20-3/h4-8,14,17H,9H2,1-3H3. The van der Waals surface area contributed by atoms with Crippen LogP contribution in [0.3, 0.4) is 0 Å². The molecule has 1 aromatic heterocycles. The lowest BCUT2D eigenvalue weighted by atomic mass is 10.0. The molecule has 20 heavy (non-hydrogen) atoms. The summed E-state index contributed by atoms with van der Waals surface area (Å²) in [7, 11) is 3.63. The predicted octanol–water partition coefficient (Wildman–Crippen LogP) is 3.06. The number of aryl methyl sites for hydroxylation is 1. The summed E-state index contributed by atoms with van der Waals surface area (Å²) in [6, 6.07) is 8.10. The molecule has 0 fully saturated rings. The summed E-state index contributed by atoms with van der Waals surface area (Å²) in [5.74, 6) is 1.67. The van der Waals surface area contributed by atoms with Crippen molar-refractivity contribution < 1.29 is 4.74 Å². The maximum Gasteiger partial charge on any atom is 0.125 e. The van der Waals surface area contributed by atoms with Crippen molar-refractivity contribution in [3.8, 4) is 5.75 Å². The van der Waals surface area contributed by atoms with Gasteiger partial charge in [0.1, 0.15) is 11.6 Å². The zero-order valence-corrected chi connectivity index (χ0v) is 13.4. The number of likely N-dealkylation sites (N-methyl/N-ethyl adjacent to an activating group) is 1. The first-order valence-corrected chi connectivity index (χ1v) is 7.22. The van der Waals surface area contributed by atoms with Crippen LogP contribution in [-0.2, 0) is 6.42 Å². The van der Waals surface area contributed by atoms with Crippen LogP contribution in [0.5, 0.6) is 5.75 Å². The SMILES string of the molecule is CNC(Cc1cc(Br)ccc1OC)c1ccnc(C)n1. The Balaban J connectivity index is 2.28. The molecule has 0 aliphatic carbocycles. The van der Waals surface area contributed by atoms with Gasteiger partial charge in [-0.3, -0.25) is 0 Å². The van der Waals surface area contributed by atoms with E-state index in [1.807, 2.05) is 32.2 Å². The Labute approximate surface area is 127 Å². The lowest BCUT2D eigenvalue weighted by Gasteiger charge is -2.18. The molecule has 0 radical (unpaired) electrons. The monoisotopic (exact) mass is 335 g/mol. The second kappa shape index (κ2) is 6.81. The van der Waals surface area contributed by atoms with E-state index >= 15 is 0 Å². The minimum absolute atomic E-state index is 0.125. The summed E-state index contributed by atoms with van der Waals surface area (Å²) >= 11 is 3.50. The van der Waals surface area contributed by atoms with Crippen molar-refractivity contribution in [2.45, 2.75) is 19.4 Å². The van der Waals surface area contributed by atoms with Crippen LogP contribution in [-0.4, -0.2) is 24.1 Å². The molecular formula is C15H18BrN3O. The summed E-state index contributed by atoms with van der Waals surface area (Å²) in [5, 5.41) is 3.30. The molecule has 1 unspecified atom stereocenters. The van der Waals surface area contributed by atoms with Gasteiger partial charge in [-0.2, -0.15) is 0 Å². The van der Waals surface area contributed by atoms with Crippen molar-refractivity contribution in [1.29, 1.82) is 0 Å². The van der Waals surface area contributed by atoms with Gasteiger partial charge in [-0.1, -0.05) is 15.9 Å². The van der Waals surface area contributed by atoms with Crippen LogP contribution in [0.15, 0.2) is 34.9 Å². The number of methoxy groups -OCH3 is 1. The predicted molar refractivity (Wildman–Crippen MR) is 83.0 cm³/mol. The Morgan fingerprint density at radius 1 is 1.35 bits per heavy atom. The molecule has 5 heteroatoms. The van der Waals surface area contributed by atoms with Crippen LogP contribution in [0, 0.1) is 6.92 Å². The highest BCUT2D eigenvalue weighted by atomic mass is 79.9. The molecule has 2 aromatic rings. The average Bonchev–Trinajstić information content (AvgIpc) is 2.45. The lowest BCUT2D eigenvalue weighted by molar-refractivity contribution is 0.406. The van der Waals surface area contributed by atoms with Gasteiger partial charge < -0.3 is 10.1 Å². The summed E-state index contributed by atoms with van der Waals surface area (Å²) < 4.78 is 6.47. The molecule has 106 valence electrons. The molecule has 1 atom stereocenters. The van der Waals surface area contributed by atoms with E-state index in [1.54, 1.807) is 13.3 Å². The lowest BCUT2D eigenvalue weighted by Crippen LogP contribution is -2.20. The van der Waals surface area contributed by atoms with Gasteiger partial charge in [0.2, 0.25) is 0 Å². The minimum Gasteiger partial charge on any atom is -0.496 e. The number of rotatable bonds is 5. The Morgan fingerprint density at radius 2 is 2.15 bits per heavy atom. The molecular weight excluding hydrogens is 318 g/mol. The summed E-state index contributed by atoms with van der Waals surface area (Å²) in [4.78, 5) is 8.63. The third-order valence-electron chi connectivity index (χ3n) is 3.17. The summed E-state index contributed by atoms with van der Waals surface area (Å²) in [5.41, 5.74) is 2.12. The number of nitrogens with zero attached hydrogens (tertiary/aromatic N) is 2. The molecule has 0 saturated heterocycles. The van der Waals surface area contributed by atoms with Crippen molar-refractivity contribution in [2.24, 2.45) is 0 Å². The van der Waals surface area contributed by atoms with E-state index in [-0.39, 0.29) is 6.04 Å². The fraction of sp³-hybridized carbons (Fsp3) is 0.333. The topological polar surface area (TPSA) is 47.0 Å². The zero-order chi connectivity index (χ0) is 14.5. The highest BCUT2D eigenvalue weighted by Gasteiger charge is 2.15. The van der Waals surface area contributed by atoms with Gasteiger partial charge in [0.05, 0.1) is 18.8 Å². The number of halogens is 1. The second-order valence-corrected chi connectivity index (χ2v) is 5.45. The maximum atomic E-state index is 5.42. The van der Waals surface area contributed by atoms with Crippen molar-refractivity contribution in [2.75, 3.05) is 14.2 Å². The highest BCUT2D eigenvalue weighted by Crippen LogP contribution is 2.27. The van der Waals surface area contributed by atoms with Gasteiger partial charge in [0, 0.05) is 10.7 Å². The highest BCUT2D eigenvalue weighted by molar-refractivity contribution is 9.10. The van der Waals surface area contributed by atoms with Gasteiger partial charge in [-0.25, -0.2) is 9.97 Å². The normalized spacial score (nSPS) is 12.2. The van der Waals surface area contributed by atoms with Crippen molar-refractivity contribution in [1.82, 2.24) is 15.3 Å². The van der Waals surface area contributed by atoms with Gasteiger partial charge in [-0.15, -0.1) is 0 Å². The molecule has 0 bridgehead atoms. The van der Waals surface area contributed by atoms with E-state index in [0.29, 0.717) is 0 Å². The van der Waals surface area contributed by atoms with E-state index in [2.05, 4.69) is 37.3 Å². The minimum atomic E-state index is 0.125. The fourth-order valence-corrected chi connectivity index (χ4v) is 2.56. The number of nitrogens with one attached hydrogen (secondary N) is 1. The number of hydrogen-bond acceptors (Lipinski definition) is 4. The first-order chi connectivity index (χ1) is 9.63. The molecule has 0 aliphatic rings. The van der Waals surface area contributed by atoms with Gasteiger partial charge in [-0.05, 0) is 50.2 Å². The first-order valence-electron chi connectivity index (χ1n) is 6.43. The number of aromatic nitrogens is 2. The number of ether oxygens (including phenoxy) is 1. The van der Waals surface area contributed by atoms with Crippen LogP contribution < -0.4 is 10.1 Å². The number of hydrogen-bond donors (Lipinski definition) is 1. The molecule has 0 amide bonds. The molecule has 0 spiro atoms. The van der Waals surface area contributed by atoms with E-state index in [9.17, 15) is 0 Å². The van der Waals surface area contributed by atoms with Gasteiger partial charge in [0.15, 0.2) is 0 Å². The second-order valence-electron chi connectivity index (χ2n) is 4.53. The van der Waals surface area contributed by atoms with Crippen molar-refractivity contribution >= 4 is 15.9 Å². The molecule has 1 aromatic carbocycles. The molecule has 2 rings (SSSR count). The fourth-order valence-electron chi connectivity index (χ4n) is 2.15. The van der Waals surface area contributed by atoms with Crippen LogP contribution >= 0.6 is 15.9 Å². The smallest absolute Gasteiger partial charge is 0.125 e. The molecule has 1 N–H and O–H groups in total. The van der Waals surface area contributed by atoms with Crippen LogP contribution in [0.25, 0.3) is 0 Å². The van der Waals surface area contributed by atoms with E-state index in [1.165, 1.54) is 0 Å². The van der Waals surface area contributed by atoms with Crippen LogP contribution in [0.2, 0.25) is 0 Å². The Hall–Kier alpha value is -1.46. The molecule has 4 nitrogen and oxygen atoms in total. The molecule has 0 saturated carbocycles. The third kappa shape index (κ3) is 3.55. The Bertz CT molecular complexity index is 589. The average molecular weight is 336 g/mol. The number of benzene rings is 1. The molecule has 0 aliphatic heterocycles. The van der Waals surface area contributed by atoms with E-state index in [4.69, 9.17) is 4.74 Å². The van der Waals surface area contributed by atoms with Gasteiger partial charge >= 0.3 is 0 Å².